The lowest BCUT2D eigenvalue weighted by atomic mass is 10.2. The maximum atomic E-state index is 8.63. The van der Waals surface area contributed by atoms with Crippen LogP contribution >= 0.6 is 0 Å². The van der Waals surface area contributed by atoms with Crippen molar-refractivity contribution < 1.29 is 38.4 Å². The molecule has 0 aromatic heterocycles. The number of hydrogen-bond acceptors (Lipinski definition) is 6. The van der Waals surface area contributed by atoms with Crippen molar-refractivity contribution in [2.24, 2.45) is 0 Å². The summed E-state index contributed by atoms with van der Waals surface area (Å²) in [4.78, 5) is 0. The van der Waals surface area contributed by atoms with E-state index in [1.54, 1.807) is 7.11 Å². The maximum absolute atomic E-state index is 8.63. The van der Waals surface area contributed by atoms with Crippen LogP contribution in [0, 0.1) is 0 Å². The highest BCUT2D eigenvalue weighted by Gasteiger charge is 2.05. The smallest absolute Gasteiger partial charge is 0.179 e. The molecule has 0 spiro atoms. The maximum Gasteiger partial charge on any atom is 0.179 e. The van der Waals surface area contributed by atoms with Crippen LogP contribution in [0.1, 0.15) is 0 Å². The Morgan fingerprint density at radius 1 is 1.44 bits per heavy atom. The zero-order chi connectivity index (χ0) is 14.2. The first-order chi connectivity index (χ1) is 8.27. The molecule has 0 fully saturated rings. The summed E-state index contributed by atoms with van der Waals surface area (Å²) in [7, 11) is -3.54. The second-order valence-corrected chi connectivity index (χ2v) is 4.01. The Morgan fingerprint density at radius 3 is 2.39 bits per heavy atom. The Bertz CT molecular complexity index is 454. The Labute approximate surface area is 105 Å². The van der Waals surface area contributed by atoms with E-state index in [1.165, 1.54) is 0 Å². The number of quaternary nitrogens is 2. The Hall–Kier alpha value is -1.23. The summed E-state index contributed by atoms with van der Waals surface area (Å²) >= 11 is 0. The summed E-state index contributed by atoms with van der Waals surface area (Å²) in [6, 6.07) is 5.77. The van der Waals surface area contributed by atoms with E-state index in [0.717, 1.165) is 17.1 Å². The molecule has 0 saturated heterocycles. The monoisotopic (exact) mass is 280 g/mol. The minimum atomic E-state index is -5.17. The van der Waals surface area contributed by atoms with Crippen LogP contribution in [0.2, 0.25) is 0 Å². The molecule has 0 atom stereocenters. The van der Waals surface area contributed by atoms with Gasteiger partial charge in [-0.05, 0) is 6.07 Å². The van der Waals surface area contributed by atoms with E-state index < -0.39 is 10.4 Å². The van der Waals surface area contributed by atoms with Crippen LogP contribution in [0.3, 0.4) is 0 Å². The lowest BCUT2D eigenvalue weighted by Gasteiger charge is -2.06. The molecule has 1 aromatic rings. The van der Waals surface area contributed by atoms with Gasteiger partial charge in [0.1, 0.15) is 12.2 Å². The van der Waals surface area contributed by atoms with Crippen molar-refractivity contribution in [2.75, 3.05) is 20.3 Å². The van der Waals surface area contributed by atoms with Gasteiger partial charge in [0.2, 0.25) is 0 Å². The lowest BCUT2D eigenvalue weighted by Crippen LogP contribution is -2.79. The predicted molar refractivity (Wildman–Crippen MR) is 59.6 cm³/mol. The van der Waals surface area contributed by atoms with E-state index in [9.17, 15) is 0 Å². The van der Waals surface area contributed by atoms with Gasteiger partial charge < -0.3 is 30.0 Å². The molecule has 0 unspecified atom stereocenters. The van der Waals surface area contributed by atoms with Crippen molar-refractivity contribution in [3.8, 4) is 5.75 Å². The average molecular weight is 280 g/mol. The van der Waals surface area contributed by atoms with Crippen molar-refractivity contribution >= 4 is 21.8 Å². The summed E-state index contributed by atoms with van der Waals surface area (Å²) in [5, 5.41) is 10.6. The van der Waals surface area contributed by atoms with Crippen LogP contribution in [-0.4, -0.2) is 42.9 Å². The quantitative estimate of drug-likeness (QED) is 0.312. The first-order valence-corrected chi connectivity index (χ1v) is 6.22. The second-order valence-electron chi connectivity index (χ2n) is 3.20. The molecule has 0 aliphatic heterocycles. The van der Waals surface area contributed by atoms with E-state index in [2.05, 4.69) is 5.73 Å². The minimum absolute atomic E-state index is 0.179. The second kappa shape index (κ2) is 7.97. The van der Waals surface area contributed by atoms with Crippen LogP contribution in [0.5, 0.6) is 5.75 Å². The third-order valence-electron chi connectivity index (χ3n) is 1.81. The van der Waals surface area contributed by atoms with Gasteiger partial charge in [0.15, 0.2) is 11.4 Å². The van der Waals surface area contributed by atoms with E-state index in [1.807, 2.05) is 23.5 Å². The fourth-order valence-electron chi connectivity index (χ4n) is 1.16. The van der Waals surface area contributed by atoms with Gasteiger partial charge in [0, 0.05) is 16.5 Å². The molecular formula is C9H16N2O6S. The lowest BCUT2D eigenvalue weighted by molar-refractivity contribution is -0.573. The fraction of sp³-hybridized carbons (Fsp3) is 0.333. The normalized spacial score (nSPS) is 10.5. The number of hydrogen-bond donors (Lipinski definition) is 3. The topological polar surface area (TPSA) is 154 Å². The molecule has 104 valence electrons. The molecule has 0 bridgehead atoms. The van der Waals surface area contributed by atoms with Crippen LogP contribution in [0.15, 0.2) is 18.2 Å². The first-order valence-electron chi connectivity index (χ1n) is 4.88. The zero-order valence-corrected chi connectivity index (χ0v) is 10.6. The van der Waals surface area contributed by atoms with Gasteiger partial charge in [-0.2, -0.15) is 0 Å². The van der Waals surface area contributed by atoms with Crippen LogP contribution in [0.4, 0.5) is 11.4 Å². The largest absolute Gasteiger partial charge is 0.759 e. The number of aliphatic hydroxyl groups excluding tert-OH is 1. The van der Waals surface area contributed by atoms with Crippen molar-refractivity contribution in [3.63, 3.8) is 0 Å². The molecule has 0 heterocycles. The SMILES string of the molecule is COc1ccc([NH2+]CCO)cc1[NH3+].O=S(=O)([O-])[O-]. The van der Waals surface area contributed by atoms with E-state index in [4.69, 9.17) is 27.4 Å². The van der Waals surface area contributed by atoms with Gasteiger partial charge in [0.25, 0.3) is 0 Å². The van der Waals surface area contributed by atoms with Crippen molar-refractivity contribution in [1.82, 2.24) is 0 Å². The predicted octanol–water partition coefficient (Wildman–Crippen LogP) is -2.58. The molecular weight excluding hydrogens is 264 g/mol. The van der Waals surface area contributed by atoms with Gasteiger partial charge >= 0.3 is 0 Å². The third kappa shape index (κ3) is 8.87. The van der Waals surface area contributed by atoms with Crippen LogP contribution in [0.25, 0.3) is 0 Å². The zero-order valence-electron chi connectivity index (χ0n) is 9.83. The molecule has 1 rings (SSSR count). The summed E-state index contributed by atoms with van der Waals surface area (Å²) in [6.07, 6.45) is 0. The third-order valence-corrected chi connectivity index (χ3v) is 1.81. The molecule has 9 heteroatoms. The number of rotatable bonds is 4. The van der Waals surface area contributed by atoms with E-state index in [-0.39, 0.29) is 6.61 Å². The standard InChI is InChI=1S/C9H14N2O2.H2O4S/c1-13-9-3-2-7(6-8(9)10)11-4-5-12;1-5(2,3)4/h2-3,6,11-12H,4-5,10H2,1H3;(H2,1,2,3,4). The number of aliphatic hydroxyl groups is 1. The summed E-state index contributed by atoms with van der Waals surface area (Å²) < 4.78 is 39.2. The molecule has 6 N–H and O–H groups in total. The number of nitrogens with two attached hydrogens (primary N) is 1. The highest BCUT2D eigenvalue weighted by molar-refractivity contribution is 7.79. The number of benzene rings is 1. The van der Waals surface area contributed by atoms with E-state index >= 15 is 0 Å². The first kappa shape index (κ1) is 16.8. The summed E-state index contributed by atoms with van der Waals surface area (Å²) in [6.45, 7) is 0.851. The highest BCUT2D eigenvalue weighted by Crippen LogP contribution is 2.20. The average Bonchev–Trinajstić information content (AvgIpc) is 2.24. The van der Waals surface area contributed by atoms with Crippen molar-refractivity contribution in [1.29, 1.82) is 0 Å². The summed E-state index contributed by atoms with van der Waals surface area (Å²) in [5.74, 6) is 0.793. The molecule has 18 heavy (non-hydrogen) atoms. The molecule has 0 aliphatic carbocycles. The van der Waals surface area contributed by atoms with Crippen LogP contribution < -0.4 is 15.8 Å². The summed E-state index contributed by atoms with van der Waals surface area (Å²) in [5.41, 5.74) is 5.79. The Morgan fingerprint density at radius 2 is 2.00 bits per heavy atom. The number of methoxy groups -OCH3 is 1. The molecule has 0 aliphatic rings. The van der Waals surface area contributed by atoms with Gasteiger partial charge in [-0.1, -0.05) is 0 Å². The highest BCUT2D eigenvalue weighted by atomic mass is 32.3. The van der Waals surface area contributed by atoms with Gasteiger partial charge in [-0.3, -0.25) is 8.42 Å². The molecule has 1 aromatic carbocycles. The van der Waals surface area contributed by atoms with Gasteiger partial charge in [-0.15, -0.1) is 0 Å². The van der Waals surface area contributed by atoms with Crippen molar-refractivity contribution in [2.45, 2.75) is 0 Å². The number of ether oxygens (including phenoxy) is 1. The minimum Gasteiger partial charge on any atom is -0.759 e. The molecule has 8 nitrogen and oxygen atoms in total. The Balaban J connectivity index is 0.000000494. The fourth-order valence-corrected chi connectivity index (χ4v) is 1.16. The van der Waals surface area contributed by atoms with E-state index in [0.29, 0.717) is 6.54 Å². The van der Waals surface area contributed by atoms with Gasteiger partial charge in [0.05, 0.1) is 19.8 Å². The van der Waals surface area contributed by atoms with Crippen LogP contribution in [-0.2, 0) is 10.4 Å². The Kier molecular flexibility index (Phi) is 7.43. The van der Waals surface area contributed by atoms with Crippen molar-refractivity contribution in [3.05, 3.63) is 18.2 Å². The molecule has 0 amide bonds. The van der Waals surface area contributed by atoms with Gasteiger partial charge in [-0.25, -0.2) is 0 Å². The molecule has 0 radical (unpaired) electrons. The molecule has 0 saturated carbocycles.